The Kier molecular flexibility index (Phi) is 5.44. The summed E-state index contributed by atoms with van der Waals surface area (Å²) in [7, 11) is 0. The summed E-state index contributed by atoms with van der Waals surface area (Å²) in [5, 5.41) is 3.80. The maximum absolute atomic E-state index is 12.0. The Morgan fingerprint density at radius 2 is 2.10 bits per heavy atom. The number of amides is 1. The van der Waals surface area contributed by atoms with Gasteiger partial charge >= 0.3 is 0 Å². The lowest BCUT2D eigenvalue weighted by Crippen LogP contribution is -2.42. The van der Waals surface area contributed by atoms with E-state index in [1.54, 1.807) is 0 Å². The Labute approximate surface area is 126 Å². The number of nitrogens with zero attached hydrogens (tertiary/aromatic N) is 1. The molecular formula is C16H23ClN2O. The minimum atomic E-state index is 0.174. The first-order valence-corrected chi connectivity index (χ1v) is 7.69. The summed E-state index contributed by atoms with van der Waals surface area (Å²) in [5.74, 6) is 0.385. The van der Waals surface area contributed by atoms with E-state index in [0.717, 1.165) is 37.5 Å². The fraction of sp³-hybridized carbons (Fsp3) is 0.562. The molecule has 0 bridgehead atoms. The van der Waals surface area contributed by atoms with E-state index < -0.39 is 0 Å². The quantitative estimate of drug-likeness (QED) is 0.925. The number of benzene rings is 1. The largest absolute Gasteiger partial charge is 0.354 e. The Morgan fingerprint density at radius 3 is 2.70 bits per heavy atom. The van der Waals surface area contributed by atoms with Crippen molar-refractivity contribution in [3.05, 3.63) is 34.9 Å². The normalized spacial score (nSPS) is 17.4. The average Bonchev–Trinajstić information content (AvgIpc) is 2.38. The topological polar surface area (TPSA) is 32.3 Å². The van der Waals surface area contributed by atoms with Gasteiger partial charge in [-0.3, -0.25) is 9.69 Å². The Hall–Kier alpha value is -1.06. The Morgan fingerprint density at radius 1 is 1.40 bits per heavy atom. The van der Waals surface area contributed by atoms with Gasteiger partial charge in [-0.2, -0.15) is 0 Å². The third-order valence-electron chi connectivity index (χ3n) is 3.68. The van der Waals surface area contributed by atoms with Crippen LogP contribution in [0.1, 0.15) is 32.3 Å². The maximum atomic E-state index is 12.0. The molecule has 0 radical (unpaired) electrons. The van der Waals surface area contributed by atoms with Crippen molar-refractivity contribution in [3.8, 4) is 0 Å². The zero-order valence-corrected chi connectivity index (χ0v) is 13.0. The predicted octanol–water partition coefficient (Wildman–Crippen LogP) is 3.08. The van der Waals surface area contributed by atoms with Gasteiger partial charge in [-0.1, -0.05) is 23.7 Å². The van der Waals surface area contributed by atoms with E-state index in [2.05, 4.69) is 16.3 Å². The second kappa shape index (κ2) is 7.09. The SMILES string of the molecule is CC(C)NC(=O)C1CCN(Cc2cccc(Cl)c2)CC1. The lowest BCUT2D eigenvalue weighted by atomic mass is 9.95. The number of rotatable bonds is 4. The lowest BCUT2D eigenvalue weighted by molar-refractivity contribution is -0.127. The number of hydrogen-bond donors (Lipinski definition) is 1. The molecule has 1 aromatic rings. The van der Waals surface area contributed by atoms with Crippen LogP contribution < -0.4 is 5.32 Å². The van der Waals surface area contributed by atoms with Gasteiger partial charge < -0.3 is 5.32 Å². The van der Waals surface area contributed by atoms with Crippen LogP contribution in [0.2, 0.25) is 5.02 Å². The van der Waals surface area contributed by atoms with Crippen molar-refractivity contribution in [1.82, 2.24) is 10.2 Å². The average molecular weight is 295 g/mol. The predicted molar refractivity (Wildman–Crippen MR) is 82.7 cm³/mol. The van der Waals surface area contributed by atoms with Crippen LogP contribution in [0.25, 0.3) is 0 Å². The highest BCUT2D eigenvalue weighted by molar-refractivity contribution is 6.30. The van der Waals surface area contributed by atoms with Gasteiger partial charge in [0.05, 0.1) is 0 Å². The van der Waals surface area contributed by atoms with E-state index in [-0.39, 0.29) is 17.9 Å². The molecule has 0 atom stereocenters. The summed E-state index contributed by atoms with van der Waals surface area (Å²) in [6.07, 6.45) is 1.89. The summed E-state index contributed by atoms with van der Waals surface area (Å²) in [6, 6.07) is 8.23. The third-order valence-corrected chi connectivity index (χ3v) is 3.92. The van der Waals surface area contributed by atoms with Crippen molar-refractivity contribution >= 4 is 17.5 Å². The minimum absolute atomic E-state index is 0.174. The molecule has 1 aliphatic heterocycles. The molecule has 110 valence electrons. The van der Waals surface area contributed by atoms with Gasteiger partial charge in [0.15, 0.2) is 0 Å². The molecule has 0 unspecified atom stereocenters. The van der Waals surface area contributed by atoms with E-state index in [1.807, 2.05) is 32.0 Å². The molecule has 0 spiro atoms. The molecule has 1 fully saturated rings. The van der Waals surface area contributed by atoms with Crippen molar-refractivity contribution in [2.24, 2.45) is 5.92 Å². The minimum Gasteiger partial charge on any atom is -0.354 e. The van der Waals surface area contributed by atoms with E-state index >= 15 is 0 Å². The number of carbonyl (C=O) groups excluding carboxylic acids is 1. The molecule has 1 heterocycles. The number of piperidine rings is 1. The number of halogens is 1. The fourth-order valence-corrected chi connectivity index (χ4v) is 2.86. The van der Waals surface area contributed by atoms with Crippen molar-refractivity contribution in [2.45, 2.75) is 39.3 Å². The molecule has 1 amide bonds. The van der Waals surface area contributed by atoms with Gasteiger partial charge in [-0.15, -0.1) is 0 Å². The summed E-state index contributed by atoms with van der Waals surface area (Å²) in [4.78, 5) is 14.4. The zero-order valence-electron chi connectivity index (χ0n) is 12.2. The highest BCUT2D eigenvalue weighted by atomic mass is 35.5. The van der Waals surface area contributed by atoms with E-state index in [4.69, 9.17) is 11.6 Å². The van der Waals surface area contributed by atoms with E-state index in [9.17, 15) is 4.79 Å². The second-order valence-corrected chi connectivity index (χ2v) is 6.28. The molecule has 1 N–H and O–H groups in total. The summed E-state index contributed by atoms with van der Waals surface area (Å²) < 4.78 is 0. The lowest BCUT2D eigenvalue weighted by Gasteiger charge is -2.31. The van der Waals surface area contributed by atoms with Crippen LogP contribution in [0.3, 0.4) is 0 Å². The molecule has 2 rings (SSSR count). The number of hydrogen-bond acceptors (Lipinski definition) is 2. The molecule has 0 saturated carbocycles. The van der Waals surface area contributed by atoms with Gasteiger partial charge in [0.1, 0.15) is 0 Å². The van der Waals surface area contributed by atoms with Crippen molar-refractivity contribution in [2.75, 3.05) is 13.1 Å². The first-order valence-electron chi connectivity index (χ1n) is 7.32. The number of likely N-dealkylation sites (tertiary alicyclic amines) is 1. The molecule has 3 nitrogen and oxygen atoms in total. The Balaban J connectivity index is 1.81. The first kappa shape index (κ1) is 15.3. The fourth-order valence-electron chi connectivity index (χ4n) is 2.65. The van der Waals surface area contributed by atoms with Crippen molar-refractivity contribution < 1.29 is 4.79 Å². The Bertz CT molecular complexity index is 454. The van der Waals surface area contributed by atoms with Crippen molar-refractivity contribution in [3.63, 3.8) is 0 Å². The first-order chi connectivity index (χ1) is 9.54. The van der Waals surface area contributed by atoms with Crippen LogP contribution in [0, 0.1) is 5.92 Å². The highest BCUT2D eigenvalue weighted by Crippen LogP contribution is 2.20. The van der Waals surface area contributed by atoms with Gasteiger partial charge in [0, 0.05) is 23.5 Å². The van der Waals surface area contributed by atoms with Gasteiger partial charge in [-0.25, -0.2) is 0 Å². The van der Waals surface area contributed by atoms with Crippen LogP contribution >= 0.6 is 11.6 Å². The summed E-state index contributed by atoms with van der Waals surface area (Å²) >= 11 is 6.00. The molecule has 0 aromatic heterocycles. The second-order valence-electron chi connectivity index (χ2n) is 5.84. The van der Waals surface area contributed by atoms with Crippen molar-refractivity contribution in [1.29, 1.82) is 0 Å². The van der Waals surface area contributed by atoms with Crippen LogP contribution in [0.15, 0.2) is 24.3 Å². The zero-order chi connectivity index (χ0) is 14.5. The van der Waals surface area contributed by atoms with Crippen LogP contribution in [-0.4, -0.2) is 29.9 Å². The molecule has 0 aliphatic carbocycles. The van der Waals surface area contributed by atoms with Gasteiger partial charge in [-0.05, 0) is 57.5 Å². The number of nitrogens with one attached hydrogen (secondary N) is 1. The molecule has 20 heavy (non-hydrogen) atoms. The van der Waals surface area contributed by atoms with E-state index in [1.165, 1.54) is 5.56 Å². The van der Waals surface area contributed by atoms with Crippen LogP contribution in [0.5, 0.6) is 0 Å². The standard InChI is InChI=1S/C16H23ClN2O/c1-12(2)18-16(20)14-6-8-19(9-7-14)11-13-4-3-5-15(17)10-13/h3-5,10,12,14H,6-9,11H2,1-2H3,(H,18,20). The maximum Gasteiger partial charge on any atom is 0.223 e. The molecule has 1 aliphatic rings. The summed E-state index contributed by atoms with van der Waals surface area (Å²) in [5.41, 5.74) is 1.24. The van der Waals surface area contributed by atoms with Gasteiger partial charge in [0.2, 0.25) is 5.91 Å². The molecule has 1 saturated heterocycles. The van der Waals surface area contributed by atoms with Crippen LogP contribution in [0.4, 0.5) is 0 Å². The smallest absolute Gasteiger partial charge is 0.223 e. The van der Waals surface area contributed by atoms with E-state index in [0.29, 0.717) is 0 Å². The molecule has 1 aromatic carbocycles. The highest BCUT2D eigenvalue weighted by Gasteiger charge is 2.25. The molecular weight excluding hydrogens is 272 g/mol. The number of carbonyl (C=O) groups is 1. The summed E-state index contributed by atoms with van der Waals surface area (Å²) in [6.45, 7) is 6.88. The monoisotopic (exact) mass is 294 g/mol. The molecule has 4 heteroatoms. The van der Waals surface area contributed by atoms with Gasteiger partial charge in [0.25, 0.3) is 0 Å². The van der Waals surface area contributed by atoms with Crippen LogP contribution in [-0.2, 0) is 11.3 Å². The third kappa shape index (κ3) is 4.50.